The highest BCUT2D eigenvalue weighted by atomic mass is 16.5. The fourth-order valence-corrected chi connectivity index (χ4v) is 5.18. The minimum absolute atomic E-state index is 0.0718. The van der Waals surface area contributed by atoms with Crippen molar-refractivity contribution in [3.05, 3.63) is 35.9 Å². The summed E-state index contributed by atoms with van der Waals surface area (Å²) in [5, 5.41) is 0. The Hall–Kier alpha value is -2.63. The Labute approximate surface area is 151 Å². The number of methoxy groups -OCH3 is 1. The molecular weight excluding hydrogens is 332 g/mol. The topological polar surface area (TPSA) is 66.9 Å². The molecule has 4 atom stereocenters. The molecule has 0 spiro atoms. The Morgan fingerprint density at radius 3 is 2.46 bits per heavy atom. The van der Waals surface area contributed by atoms with Gasteiger partial charge in [-0.1, -0.05) is 12.2 Å². The Balaban J connectivity index is 1.50. The van der Waals surface area contributed by atoms with Gasteiger partial charge in [-0.15, -0.1) is 0 Å². The van der Waals surface area contributed by atoms with Gasteiger partial charge in [0.05, 0.1) is 30.3 Å². The molecule has 2 aliphatic heterocycles. The lowest BCUT2D eigenvalue weighted by atomic mass is 9.85. The number of anilines is 2. The van der Waals surface area contributed by atoms with Gasteiger partial charge in [-0.25, -0.2) is 4.79 Å². The molecule has 3 amide bonds. The molecule has 0 N–H and O–H groups in total. The van der Waals surface area contributed by atoms with Crippen LogP contribution < -0.4 is 9.80 Å². The van der Waals surface area contributed by atoms with Crippen LogP contribution in [-0.4, -0.2) is 31.6 Å². The van der Waals surface area contributed by atoms with Crippen LogP contribution >= 0.6 is 0 Å². The van der Waals surface area contributed by atoms with E-state index in [2.05, 4.69) is 12.2 Å². The molecule has 1 aromatic rings. The third-order valence-electron chi connectivity index (χ3n) is 6.31. The van der Waals surface area contributed by atoms with Crippen molar-refractivity contribution in [3.63, 3.8) is 0 Å². The number of nitrogens with zero attached hydrogens (tertiary/aromatic N) is 2. The van der Waals surface area contributed by atoms with Gasteiger partial charge in [0.25, 0.3) is 0 Å². The highest BCUT2D eigenvalue weighted by molar-refractivity contribution is 6.23. The van der Waals surface area contributed by atoms with Crippen molar-refractivity contribution >= 4 is 29.3 Å². The molecule has 0 unspecified atom stereocenters. The first kappa shape index (κ1) is 15.6. The number of aryl methyl sites for hydroxylation is 1. The largest absolute Gasteiger partial charge is 0.452 e. The molecule has 2 aliphatic carbocycles. The van der Waals surface area contributed by atoms with E-state index in [1.165, 1.54) is 12.0 Å². The monoisotopic (exact) mass is 352 g/mol. The molecule has 0 aromatic heterocycles. The van der Waals surface area contributed by atoms with Gasteiger partial charge in [0.15, 0.2) is 0 Å². The zero-order chi connectivity index (χ0) is 18.0. The van der Waals surface area contributed by atoms with Gasteiger partial charge in [-0.3, -0.25) is 19.4 Å². The van der Waals surface area contributed by atoms with Crippen LogP contribution in [0.15, 0.2) is 30.4 Å². The van der Waals surface area contributed by atoms with Crippen molar-refractivity contribution in [2.24, 2.45) is 23.7 Å². The normalized spacial score (nSPS) is 31.4. The highest BCUT2D eigenvalue weighted by Crippen LogP contribution is 2.53. The number of fused-ring (bicyclic) bond motifs is 6. The third-order valence-corrected chi connectivity index (χ3v) is 6.31. The lowest BCUT2D eigenvalue weighted by molar-refractivity contribution is -0.123. The van der Waals surface area contributed by atoms with E-state index in [1.54, 1.807) is 11.0 Å². The van der Waals surface area contributed by atoms with Crippen LogP contribution in [-0.2, 0) is 20.7 Å². The second-order valence-corrected chi connectivity index (χ2v) is 7.55. The maximum Gasteiger partial charge on any atom is 0.414 e. The van der Waals surface area contributed by atoms with E-state index in [1.807, 2.05) is 12.1 Å². The lowest BCUT2D eigenvalue weighted by Gasteiger charge is -2.29. The van der Waals surface area contributed by atoms with Crippen molar-refractivity contribution in [2.45, 2.75) is 19.3 Å². The highest BCUT2D eigenvalue weighted by Gasteiger charge is 2.59. The standard InChI is InChI=1S/C20H20N2O4/c1-26-20(25)21-8-2-3-11-10-14(6-7-15(11)21)22-18(23)16-12-4-5-13(9-12)17(16)19(22)24/h4-7,10,12-13,16-17H,2-3,8-9H2,1H3/t12-,13-,16+,17+/m1/s1. The van der Waals surface area contributed by atoms with Gasteiger partial charge < -0.3 is 4.74 Å². The van der Waals surface area contributed by atoms with Gasteiger partial charge in [0.2, 0.25) is 11.8 Å². The number of benzene rings is 1. The average Bonchev–Trinajstić information content (AvgIpc) is 3.34. The number of hydrogen-bond donors (Lipinski definition) is 0. The van der Waals surface area contributed by atoms with E-state index in [4.69, 9.17) is 4.74 Å². The number of carbonyl (C=O) groups is 3. The number of ether oxygens (including phenoxy) is 1. The number of carbonyl (C=O) groups excluding carboxylic acids is 3. The van der Waals surface area contributed by atoms with Crippen LogP contribution in [0.25, 0.3) is 0 Å². The van der Waals surface area contributed by atoms with Crippen LogP contribution in [0.5, 0.6) is 0 Å². The molecule has 4 aliphatic rings. The van der Waals surface area contributed by atoms with Gasteiger partial charge in [0, 0.05) is 6.54 Å². The first-order chi connectivity index (χ1) is 12.6. The molecule has 0 radical (unpaired) electrons. The maximum atomic E-state index is 13.0. The van der Waals surface area contributed by atoms with E-state index in [0.29, 0.717) is 12.2 Å². The summed E-state index contributed by atoms with van der Waals surface area (Å²) in [6.07, 6.45) is 6.38. The first-order valence-electron chi connectivity index (χ1n) is 9.14. The summed E-state index contributed by atoms with van der Waals surface area (Å²) in [7, 11) is 1.37. The van der Waals surface area contributed by atoms with E-state index in [0.717, 1.165) is 30.5 Å². The Morgan fingerprint density at radius 1 is 1.12 bits per heavy atom. The molecule has 26 heavy (non-hydrogen) atoms. The number of imide groups is 1. The number of allylic oxidation sites excluding steroid dienone is 2. The molecule has 134 valence electrons. The van der Waals surface area contributed by atoms with Crippen molar-refractivity contribution in [1.29, 1.82) is 0 Å². The van der Waals surface area contributed by atoms with Crippen LogP contribution in [0.2, 0.25) is 0 Å². The average molecular weight is 352 g/mol. The Kier molecular flexibility index (Phi) is 3.26. The second kappa shape index (κ2) is 5.43. The maximum absolute atomic E-state index is 13.0. The number of hydrogen-bond acceptors (Lipinski definition) is 4. The fourth-order valence-electron chi connectivity index (χ4n) is 5.18. The Morgan fingerprint density at radius 2 is 1.81 bits per heavy atom. The predicted molar refractivity (Wildman–Crippen MR) is 94.7 cm³/mol. The van der Waals surface area contributed by atoms with Crippen LogP contribution in [0.4, 0.5) is 16.2 Å². The lowest BCUT2D eigenvalue weighted by Crippen LogP contribution is -2.36. The zero-order valence-electron chi connectivity index (χ0n) is 14.6. The van der Waals surface area contributed by atoms with E-state index >= 15 is 0 Å². The van der Waals surface area contributed by atoms with Crippen LogP contribution in [0.1, 0.15) is 18.4 Å². The molecule has 1 aromatic carbocycles. The molecule has 6 heteroatoms. The molecule has 5 rings (SSSR count). The minimum Gasteiger partial charge on any atom is -0.452 e. The smallest absolute Gasteiger partial charge is 0.414 e. The van der Waals surface area contributed by atoms with Crippen LogP contribution in [0, 0.1) is 23.7 Å². The zero-order valence-corrected chi connectivity index (χ0v) is 14.6. The van der Waals surface area contributed by atoms with Crippen molar-refractivity contribution < 1.29 is 19.1 Å². The summed E-state index contributed by atoms with van der Waals surface area (Å²) in [4.78, 5) is 40.9. The number of amides is 3. The van der Waals surface area contributed by atoms with Crippen molar-refractivity contribution in [2.75, 3.05) is 23.5 Å². The van der Waals surface area contributed by atoms with Gasteiger partial charge in [-0.2, -0.15) is 0 Å². The van der Waals surface area contributed by atoms with E-state index < -0.39 is 0 Å². The van der Waals surface area contributed by atoms with Crippen molar-refractivity contribution in [1.82, 2.24) is 0 Å². The van der Waals surface area contributed by atoms with Gasteiger partial charge >= 0.3 is 6.09 Å². The predicted octanol–water partition coefficient (Wildman–Crippen LogP) is 2.52. The summed E-state index contributed by atoms with van der Waals surface area (Å²) >= 11 is 0. The summed E-state index contributed by atoms with van der Waals surface area (Å²) in [6, 6.07) is 5.48. The summed E-state index contributed by atoms with van der Waals surface area (Å²) in [6.45, 7) is 0.611. The summed E-state index contributed by atoms with van der Waals surface area (Å²) in [5.74, 6) is -0.118. The van der Waals surface area contributed by atoms with Crippen LogP contribution in [0.3, 0.4) is 0 Å². The SMILES string of the molecule is COC(=O)N1CCCc2cc(N3C(=O)[C@@H]4[C@@H](C3=O)[C@@H]3C=C[C@@H]4C3)ccc21. The minimum atomic E-state index is -0.385. The second-order valence-electron chi connectivity index (χ2n) is 7.55. The number of rotatable bonds is 1. The Bertz CT molecular complexity index is 831. The molecule has 1 saturated heterocycles. The first-order valence-corrected chi connectivity index (χ1v) is 9.14. The van der Waals surface area contributed by atoms with Gasteiger partial charge in [0.1, 0.15) is 0 Å². The molecule has 6 nitrogen and oxygen atoms in total. The van der Waals surface area contributed by atoms with Gasteiger partial charge in [-0.05, 0) is 54.9 Å². The summed E-state index contributed by atoms with van der Waals surface area (Å²) < 4.78 is 4.85. The van der Waals surface area contributed by atoms with E-state index in [9.17, 15) is 14.4 Å². The molecule has 2 fully saturated rings. The summed E-state index contributed by atoms with van der Waals surface area (Å²) in [5.41, 5.74) is 2.39. The van der Waals surface area contributed by atoms with E-state index in [-0.39, 0.29) is 41.6 Å². The van der Waals surface area contributed by atoms with Crippen molar-refractivity contribution in [3.8, 4) is 0 Å². The molecule has 1 saturated carbocycles. The molecular formula is C20H20N2O4. The third kappa shape index (κ3) is 1.95. The fraction of sp³-hybridized carbons (Fsp3) is 0.450. The quantitative estimate of drug-likeness (QED) is 0.575. The molecule has 2 bridgehead atoms. The molecule has 2 heterocycles.